The van der Waals surface area contributed by atoms with Gasteiger partial charge in [0.15, 0.2) is 5.69 Å². The molecule has 0 saturated heterocycles. The summed E-state index contributed by atoms with van der Waals surface area (Å²) < 4.78 is 15.9. The number of hydrogen-bond donors (Lipinski definition) is 0. The summed E-state index contributed by atoms with van der Waals surface area (Å²) in [6.07, 6.45) is 0. The topological polar surface area (TPSA) is 102 Å². The molecule has 0 atom stereocenters. The van der Waals surface area contributed by atoms with Gasteiger partial charge in [-0.25, -0.2) is 14.6 Å². The highest BCUT2D eigenvalue weighted by Crippen LogP contribution is 2.20. The number of esters is 2. The largest absolute Gasteiger partial charge is 0.618 e. The van der Waals surface area contributed by atoms with Crippen LogP contribution >= 0.6 is 0 Å². The van der Waals surface area contributed by atoms with Crippen LogP contribution in [0.15, 0.2) is 42.5 Å². The Kier molecular flexibility index (Phi) is 5.92. The molecule has 0 radical (unpaired) electrons. The fourth-order valence-corrected chi connectivity index (χ4v) is 2.86. The number of rotatable bonds is 6. The van der Waals surface area contributed by atoms with E-state index in [1.165, 1.54) is 6.07 Å². The summed E-state index contributed by atoms with van der Waals surface area (Å²) in [5.74, 6) is -0.982. The maximum absolute atomic E-state index is 12.9. The van der Waals surface area contributed by atoms with Crippen molar-refractivity contribution in [2.75, 3.05) is 13.7 Å². The van der Waals surface area contributed by atoms with Gasteiger partial charge in [0.05, 0.1) is 25.3 Å². The van der Waals surface area contributed by atoms with E-state index in [9.17, 15) is 14.8 Å². The minimum absolute atomic E-state index is 0.00504. The number of hydrogen-bond acceptors (Lipinski definition) is 7. The van der Waals surface area contributed by atoms with Gasteiger partial charge in [-0.1, -0.05) is 18.2 Å². The molecule has 0 unspecified atom stereocenters. The van der Waals surface area contributed by atoms with E-state index in [1.807, 2.05) is 13.0 Å². The van der Waals surface area contributed by atoms with E-state index < -0.39 is 11.9 Å². The smallest absolute Gasteiger partial charge is 0.406 e. The summed E-state index contributed by atoms with van der Waals surface area (Å²) in [4.78, 5) is 29.0. The molecule has 0 N–H and O–H groups in total. The molecular formula is C21H20N2O6. The Morgan fingerprint density at radius 1 is 1.14 bits per heavy atom. The molecule has 8 heteroatoms. The number of carbonyl (C=O) groups excluding carboxylic acids is 2. The number of nitrogens with zero attached hydrogens (tertiary/aromatic N) is 2. The predicted molar refractivity (Wildman–Crippen MR) is 104 cm³/mol. The minimum atomic E-state index is -0.877. The lowest BCUT2D eigenvalue weighted by Gasteiger charge is -2.12. The molecule has 0 aliphatic rings. The second-order valence-electron chi connectivity index (χ2n) is 6.17. The van der Waals surface area contributed by atoms with Gasteiger partial charge in [-0.15, -0.1) is 0 Å². The van der Waals surface area contributed by atoms with Crippen LogP contribution in [0, 0.1) is 12.1 Å². The lowest BCUT2D eigenvalue weighted by atomic mass is 10.1. The number of ether oxygens (including phenoxy) is 3. The van der Waals surface area contributed by atoms with Gasteiger partial charge in [0.2, 0.25) is 5.52 Å². The molecule has 1 aromatic heterocycles. The van der Waals surface area contributed by atoms with Gasteiger partial charge < -0.3 is 19.4 Å². The molecule has 1 heterocycles. The first-order chi connectivity index (χ1) is 14.0. The van der Waals surface area contributed by atoms with Crippen molar-refractivity contribution in [2.45, 2.75) is 20.5 Å². The maximum Gasteiger partial charge on any atom is 0.406 e. The first kappa shape index (κ1) is 20.1. The molecule has 0 amide bonds. The zero-order valence-corrected chi connectivity index (χ0v) is 16.3. The summed E-state index contributed by atoms with van der Waals surface area (Å²) in [5, 5.41) is 12.9. The highest BCUT2D eigenvalue weighted by atomic mass is 16.5. The fraction of sp³-hybridized carbons (Fsp3) is 0.238. The van der Waals surface area contributed by atoms with Crippen molar-refractivity contribution < 1.29 is 28.5 Å². The first-order valence-corrected chi connectivity index (χ1v) is 8.96. The molecule has 0 saturated carbocycles. The van der Waals surface area contributed by atoms with Gasteiger partial charge in [-0.3, -0.25) is 0 Å². The monoisotopic (exact) mass is 396 g/mol. The number of benzene rings is 2. The van der Waals surface area contributed by atoms with Crippen molar-refractivity contribution in [3.63, 3.8) is 0 Å². The van der Waals surface area contributed by atoms with Crippen molar-refractivity contribution in [3.8, 4) is 5.75 Å². The Morgan fingerprint density at radius 3 is 2.59 bits per heavy atom. The normalized spacial score (nSPS) is 10.6. The molecule has 0 bridgehead atoms. The van der Waals surface area contributed by atoms with Gasteiger partial charge in [-0.2, -0.15) is 4.73 Å². The highest BCUT2D eigenvalue weighted by molar-refractivity contribution is 5.91. The van der Waals surface area contributed by atoms with Crippen molar-refractivity contribution in [1.82, 2.24) is 4.98 Å². The van der Waals surface area contributed by atoms with Gasteiger partial charge in [0.1, 0.15) is 17.9 Å². The average molecular weight is 396 g/mol. The third-order valence-electron chi connectivity index (χ3n) is 4.29. The van der Waals surface area contributed by atoms with Crippen molar-refractivity contribution in [1.29, 1.82) is 0 Å². The Labute approximate surface area is 167 Å². The first-order valence-electron chi connectivity index (χ1n) is 8.96. The van der Waals surface area contributed by atoms with Crippen molar-refractivity contribution in [2.24, 2.45) is 0 Å². The predicted octanol–water partition coefficient (Wildman–Crippen LogP) is 2.72. The summed E-state index contributed by atoms with van der Waals surface area (Å²) in [6, 6.07) is 11.7. The number of methoxy groups -OCH3 is 1. The Balaban J connectivity index is 1.99. The molecule has 8 nitrogen and oxygen atoms in total. The Bertz CT molecular complexity index is 1080. The van der Waals surface area contributed by atoms with Crippen LogP contribution in [0.2, 0.25) is 0 Å². The SMILES string of the molecule is CCOc1ccc2nc(COC(=O)c3ccccc3C)c(C(=O)OC)[n+]([O-])c2c1. The summed E-state index contributed by atoms with van der Waals surface area (Å²) in [7, 11) is 1.16. The van der Waals surface area contributed by atoms with Gasteiger partial charge in [0, 0.05) is 0 Å². The third kappa shape index (κ3) is 4.11. The third-order valence-corrected chi connectivity index (χ3v) is 4.29. The van der Waals surface area contributed by atoms with E-state index in [-0.39, 0.29) is 23.5 Å². The van der Waals surface area contributed by atoms with Gasteiger partial charge in [-0.05, 0) is 37.6 Å². The Hall–Kier alpha value is -3.68. The van der Waals surface area contributed by atoms with E-state index in [4.69, 9.17) is 14.2 Å². The highest BCUT2D eigenvalue weighted by Gasteiger charge is 2.28. The summed E-state index contributed by atoms with van der Waals surface area (Å²) >= 11 is 0. The molecule has 3 rings (SSSR count). The maximum atomic E-state index is 12.9. The van der Waals surface area contributed by atoms with Crippen LogP contribution in [0.4, 0.5) is 0 Å². The molecule has 2 aromatic carbocycles. The lowest BCUT2D eigenvalue weighted by molar-refractivity contribution is -0.581. The van der Waals surface area contributed by atoms with Crippen LogP contribution in [0.3, 0.4) is 0 Å². The summed E-state index contributed by atoms with van der Waals surface area (Å²) in [6.45, 7) is 3.67. The molecule has 29 heavy (non-hydrogen) atoms. The quantitative estimate of drug-likeness (QED) is 0.359. The van der Waals surface area contributed by atoms with Crippen LogP contribution in [0.5, 0.6) is 5.75 Å². The fourth-order valence-electron chi connectivity index (χ4n) is 2.86. The number of aryl methyl sites for hydroxylation is 1. The van der Waals surface area contributed by atoms with Crippen LogP contribution < -0.4 is 9.47 Å². The van der Waals surface area contributed by atoms with Gasteiger partial charge in [0.25, 0.3) is 0 Å². The minimum Gasteiger partial charge on any atom is -0.618 e. The lowest BCUT2D eigenvalue weighted by Crippen LogP contribution is -2.38. The van der Waals surface area contributed by atoms with Gasteiger partial charge >= 0.3 is 17.6 Å². The molecule has 0 aliphatic heterocycles. The van der Waals surface area contributed by atoms with E-state index >= 15 is 0 Å². The van der Waals surface area contributed by atoms with E-state index in [2.05, 4.69) is 4.98 Å². The molecule has 150 valence electrons. The second kappa shape index (κ2) is 8.55. The van der Waals surface area contributed by atoms with E-state index in [1.54, 1.807) is 37.3 Å². The number of aromatic nitrogens is 2. The van der Waals surface area contributed by atoms with Crippen molar-refractivity contribution in [3.05, 3.63) is 70.2 Å². The molecule has 3 aromatic rings. The molecule has 0 aliphatic carbocycles. The van der Waals surface area contributed by atoms with Crippen LogP contribution in [0.25, 0.3) is 11.0 Å². The van der Waals surface area contributed by atoms with Crippen LogP contribution in [0.1, 0.15) is 39.0 Å². The Morgan fingerprint density at radius 2 is 1.90 bits per heavy atom. The number of carbonyl (C=O) groups is 2. The molecular weight excluding hydrogens is 376 g/mol. The zero-order valence-electron chi connectivity index (χ0n) is 16.3. The van der Waals surface area contributed by atoms with Crippen molar-refractivity contribution >= 4 is 23.0 Å². The van der Waals surface area contributed by atoms with Crippen LogP contribution in [-0.2, 0) is 16.1 Å². The van der Waals surface area contributed by atoms with E-state index in [0.717, 1.165) is 12.7 Å². The second-order valence-corrected chi connectivity index (χ2v) is 6.17. The standard InChI is InChI=1S/C21H20N2O6/c1-4-28-14-9-10-16-18(11-14)23(26)19(21(25)27-3)17(22-16)12-29-20(24)15-8-6-5-7-13(15)2/h5-11H,4,12H2,1-3H3. The average Bonchev–Trinajstić information content (AvgIpc) is 2.72. The van der Waals surface area contributed by atoms with Crippen LogP contribution in [-0.4, -0.2) is 30.6 Å². The summed E-state index contributed by atoms with van der Waals surface area (Å²) in [5.41, 5.74) is 1.28. The molecule has 0 spiro atoms. The zero-order chi connectivity index (χ0) is 21.0. The van der Waals surface area contributed by atoms with E-state index in [0.29, 0.717) is 28.2 Å². The molecule has 0 fully saturated rings. The number of fused-ring (bicyclic) bond motifs is 1.